The maximum atomic E-state index is 12.8. The Hall–Kier alpha value is -1.99. The van der Waals surface area contributed by atoms with E-state index in [1.165, 1.54) is 0 Å². The quantitative estimate of drug-likeness (QED) is 0.682. The van der Waals surface area contributed by atoms with Crippen molar-refractivity contribution in [3.8, 4) is 0 Å². The summed E-state index contributed by atoms with van der Waals surface area (Å²) < 4.78 is 5.58. The average Bonchev–Trinajstić information content (AvgIpc) is 3.51. The Bertz CT molecular complexity index is 761. The Labute approximate surface area is 179 Å². The highest BCUT2D eigenvalue weighted by atomic mass is 16.5. The van der Waals surface area contributed by atoms with Crippen molar-refractivity contribution in [2.45, 2.75) is 51.1 Å². The van der Waals surface area contributed by atoms with Crippen molar-refractivity contribution in [2.75, 3.05) is 46.4 Å². The Balaban J connectivity index is 1.38. The zero-order valence-corrected chi connectivity index (χ0v) is 18.3. The van der Waals surface area contributed by atoms with Gasteiger partial charge in [0.25, 0.3) is 5.91 Å². The van der Waals surface area contributed by atoms with Crippen LogP contribution < -0.4 is 0 Å². The first-order valence-electron chi connectivity index (χ1n) is 11.3. The van der Waals surface area contributed by atoms with Crippen LogP contribution in [0.5, 0.6) is 0 Å². The van der Waals surface area contributed by atoms with Gasteiger partial charge in [-0.25, -0.2) is 0 Å². The third kappa shape index (κ3) is 5.01. The van der Waals surface area contributed by atoms with E-state index in [0.29, 0.717) is 30.1 Å². The Morgan fingerprint density at radius 3 is 2.57 bits per heavy atom. The first-order chi connectivity index (χ1) is 14.5. The van der Waals surface area contributed by atoms with Crippen LogP contribution in [0.25, 0.3) is 0 Å². The summed E-state index contributed by atoms with van der Waals surface area (Å²) in [6.07, 6.45) is 8.59. The number of hydrogen-bond acceptors (Lipinski definition) is 5. The Kier molecular flexibility index (Phi) is 6.68. The maximum Gasteiger partial charge on any atom is 0.255 e. The lowest BCUT2D eigenvalue weighted by atomic mass is 10.0. The number of amides is 2. The minimum atomic E-state index is 0.00934. The fourth-order valence-corrected chi connectivity index (χ4v) is 4.74. The van der Waals surface area contributed by atoms with Crippen LogP contribution in [0.1, 0.15) is 48.0 Å². The van der Waals surface area contributed by atoms with Gasteiger partial charge in [0.15, 0.2) is 0 Å². The molecule has 1 aromatic rings. The molecule has 1 atom stereocenters. The van der Waals surface area contributed by atoms with Crippen molar-refractivity contribution in [2.24, 2.45) is 5.92 Å². The van der Waals surface area contributed by atoms with Crippen LogP contribution >= 0.6 is 0 Å². The van der Waals surface area contributed by atoms with Crippen molar-refractivity contribution in [3.63, 3.8) is 0 Å². The number of likely N-dealkylation sites (tertiary alicyclic amines) is 1. The lowest BCUT2D eigenvalue weighted by Crippen LogP contribution is -2.50. The van der Waals surface area contributed by atoms with Gasteiger partial charge in [0.05, 0.1) is 5.56 Å². The second kappa shape index (κ2) is 9.43. The fourth-order valence-electron chi connectivity index (χ4n) is 4.74. The molecule has 0 spiro atoms. The number of nitrogens with zero attached hydrogens (tertiary/aromatic N) is 4. The van der Waals surface area contributed by atoms with Gasteiger partial charge in [-0.15, -0.1) is 0 Å². The molecular formula is C23H34N4O3. The van der Waals surface area contributed by atoms with E-state index in [-0.39, 0.29) is 11.8 Å². The average molecular weight is 415 g/mol. The number of aryl methyl sites for hydroxylation is 1. The van der Waals surface area contributed by atoms with Crippen molar-refractivity contribution < 1.29 is 14.3 Å². The van der Waals surface area contributed by atoms with E-state index in [1.807, 2.05) is 20.0 Å². The molecule has 1 aromatic heterocycles. The standard InChI is InChI=1S/C23H34N4O3/c1-17-13-19(15-24-14-17)22(28)25(2)9-10-27(20-6-11-30-12-7-20)21-5-8-26(16-21)23(29)18-3-4-18/h13-15,18,20-21H,3-12,16H2,1-2H3. The van der Waals surface area contributed by atoms with Gasteiger partial charge in [-0.05, 0) is 50.7 Å². The molecule has 0 bridgehead atoms. The molecular weight excluding hydrogens is 380 g/mol. The van der Waals surface area contributed by atoms with E-state index in [2.05, 4.69) is 14.8 Å². The van der Waals surface area contributed by atoms with Crippen LogP contribution in [0.4, 0.5) is 0 Å². The highest BCUT2D eigenvalue weighted by Crippen LogP contribution is 2.33. The maximum absolute atomic E-state index is 12.8. The summed E-state index contributed by atoms with van der Waals surface area (Å²) in [5.41, 5.74) is 1.63. The monoisotopic (exact) mass is 414 g/mol. The van der Waals surface area contributed by atoms with E-state index in [0.717, 1.165) is 70.5 Å². The molecule has 0 N–H and O–H groups in total. The van der Waals surface area contributed by atoms with E-state index >= 15 is 0 Å². The van der Waals surface area contributed by atoms with Crippen LogP contribution in [0.2, 0.25) is 0 Å². The van der Waals surface area contributed by atoms with Gasteiger partial charge in [-0.2, -0.15) is 0 Å². The molecule has 7 nitrogen and oxygen atoms in total. The van der Waals surface area contributed by atoms with Crippen LogP contribution in [0.3, 0.4) is 0 Å². The molecule has 0 aromatic carbocycles. The van der Waals surface area contributed by atoms with E-state index in [4.69, 9.17) is 4.74 Å². The minimum Gasteiger partial charge on any atom is -0.381 e. The number of hydrogen-bond donors (Lipinski definition) is 0. The fraction of sp³-hybridized carbons (Fsp3) is 0.696. The number of likely N-dealkylation sites (N-methyl/N-ethyl adjacent to an activating group) is 1. The molecule has 0 radical (unpaired) electrons. The van der Waals surface area contributed by atoms with Crippen LogP contribution in [-0.2, 0) is 9.53 Å². The van der Waals surface area contributed by atoms with E-state index in [9.17, 15) is 9.59 Å². The molecule has 30 heavy (non-hydrogen) atoms. The van der Waals surface area contributed by atoms with Gasteiger partial charge in [-0.3, -0.25) is 19.5 Å². The molecule has 2 amide bonds. The van der Waals surface area contributed by atoms with Crippen molar-refractivity contribution >= 4 is 11.8 Å². The van der Waals surface area contributed by atoms with Gasteiger partial charge in [0.1, 0.15) is 0 Å². The van der Waals surface area contributed by atoms with Crippen LogP contribution in [0.15, 0.2) is 18.5 Å². The molecule has 7 heteroatoms. The normalized spacial score (nSPS) is 22.5. The zero-order chi connectivity index (χ0) is 21.1. The largest absolute Gasteiger partial charge is 0.381 e. The molecule has 164 valence electrons. The zero-order valence-electron chi connectivity index (χ0n) is 18.3. The number of carbonyl (C=O) groups is 2. The number of aromatic nitrogens is 1. The van der Waals surface area contributed by atoms with E-state index in [1.54, 1.807) is 17.3 Å². The Morgan fingerprint density at radius 2 is 1.87 bits per heavy atom. The van der Waals surface area contributed by atoms with Crippen molar-refractivity contribution in [1.29, 1.82) is 0 Å². The predicted octanol–water partition coefficient (Wildman–Crippen LogP) is 1.95. The number of pyridine rings is 1. The molecule has 4 rings (SSSR count). The Morgan fingerprint density at radius 1 is 1.10 bits per heavy atom. The summed E-state index contributed by atoms with van der Waals surface area (Å²) in [4.78, 5) is 35.9. The predicted molar refractivity (Wildman–Crippen MR) is 114 cm³/mol. The summed E-state index contributed by atoms with van der Waals surface area (Å²) in [7, 11) is 1.87. The number of rotatable bonds is 7. The molecule has 1 unspecified atom stereocenters. The summed E-state index contributed by atoms with van der Waals surface area (Å²) >= 11 is 0. The van der Waals surface area contributed by atoms with Gasteiger partial charge >= 0.3 is 0 Å². The SMILES string of the molecule is Cc1cncc(C(=O)N(C)CCN(C2CCOCC2)C2CCN(C(=O)C3CC3)C2)c1. The second-order valence-electron chi connectivity index (χ2n) is 9.06. The van der Waals surface area contributed by atoms with Crippen LogP contribution in [0, 0.1) is 12.8 Å². The molecule has 2 aliphatic heterocycles. The summed E-state index contributed by atoms with van der Waals surface area (Å²) in [5, 5.41) is 0. The first kappa shape index (κ1) is 21.2. The minimum absolute atomic E-state index is 0.00934. The molecule has 3 aliphatic rings. The summed E-state index contributed by atoms with van der Waals surface area (Å²) in [6.45, 7) is 6.71. The van der Waals surface area contributed by atoms with Gasteiger partial charge in [0.2, 0.25) is 5.91 Å². The highest BCUT2D eigenvalue weighted by Gasteiger charge is 2.39. The third-order valence-corrected chi connectivity index (χ3v) is 6.69. The van der Waals surface area contributed by atoms with Gasteiger partial charge in [0, 0.05) is 76.8 Å². The molecule has 2 saturated heterocycles. The molecule has 3 heterocycles. The van der Waals surface area contributed by atoms with Crippen molar-refractivity contribution in [3.05, 3.63) is 29.6 Å². The third-order valence-electron chi connectivity index (χ3n) is 6.69. The number of ether oxygens (including phenoxy) is 1. The van der Waals surface area contributed by atoms with E-state index < -0.39 is 0 Å². The second-order valence-corrected chi connectivity index (χ2v) is 9.06. The molecule has 1 aliphatic carbocycles. The first-order valence-corrected chi connectivity index (χ1v) is 11.3. The van der Waals surface area contributed by atoms with Crippen molar-refractivity contribution in [1.82, 2.24) is 19.7 Å². The summed E-state index contributed by atoms with van der Waals surface area (Å²) in [5.74, 6) is 0.644. The molecule has 1 saturated carbocycles. The number of carbonyl (C=O) groups excluding carboxylic acids is 2. The lowest BCUT2D eigenvalue weighted by molar-refractivity contribution is -0.131. The highest BCUT2D eigenvalue weighted by molar-refractivity contribution is 5.93. The molecule has 3 fully saturated rings. The smallest absolute Gasteiger partial charge is 0.255 e. The van der Waals surface area contributed by atoms with Crippen LogP contribution in [-0.4, -0.2) is 90.0 Å². The lowest BCUT2D eigenvalue weighted by Gasteiger charge is -2.39. The van der Waals surface area contributed by atoms with Gasteiger partial charge < -0.3 is 14.5 Å². The summed E-state index contributed by atoms with van der Waals surface area (Å²) in [6, 6.07) is 2.73. The topological polar surface area (TPSA) is 66.0 Å². The van der Waals surface area contributed by atoms with Gasteiger partial charge in [-0.1, -0.05) is 0 Å².